The van der Waals surface area contributed by atoms with Gasteiger partial charge >= 0.3 is 0 Å². The summed E-state index contributed by atoms with van der Waals surface area (Å²) in [5.74, 6) is 0.288. The summed E-state index contributed by atoms with van der Waals surface area (Å²) in [6, 6.07) is 4.59. The molecule has 1 aliphatic heterocycles. The zero-order valence-corrected chi connectivity index (χ0v) is 17.5. The number of aromatic nitrogens is 2. The highest BCUT2D eigenvalue weighted by Gasteiger charge is 2.32. The van der Waals surface area contributed by atoms with Crippen LogP contribution >= 0.6 is 11.3 Å². The van der Waals surface area contributed by atoms with Crippen LogP contribution in [0.4, 0.5) is 10.8 Å². The Hall–Kier alpha value is -2.57. The lowest BCUT2D eigenvalue weighted by molar-refractivity contribution is -0.384. The van der Waals surface area contributed by atoms with Gasteiger partial charge in [0.15, 0.2) is 10.9 Å². The zero-order chi connectivity index (χ0) is 20.8. The topological polar surface area (TPSA) is 123 Å². The first kappa shape index (κ1) is 19.7. The van der Waals surface area contributed by atoms with E-state index < -0.39 is 14.9 Å². The minimum Gasteiger partial charge on any atom is -0.360 e. The number of hydrogen-bond acceptors (Lipinski definition) is 9. The molecule has 10 nitrogen and oxygen atoms in total. The molecule has 4 rings (SSSR count). The molecule has 0 spiro atoms. The second-order valence-electron chi connectivity index (χ2n) is 6.80. The van der Waals surface area contributed by atoms with Gasteiger partial charge in [0.25, 0.3) is 5.69 Å². The van der Waals surface area contributed by atoms with Crippen LogP contribution in [0.1, 0.15) is 17.9 Å². The van der Waals surface area contributed by atoms with Gasteiger partial charge in [-0.3, -0.25) is 10.1 Å². The van der Waals surface area contributed by atoms with Gasteiger partial charge < -0.3 is 9.42 Å². The Morgan fingerprint density at radius 3 is 2.69 bits per heavy atom. The average Bonchev–Trinajstić information content (AvgIpc) is 3.14. The lowest BCUT2D eigenvalue weighted by Crippen LogP contribution is -2.35. The Labute approximate surface area is 170 Å². The number of non-ortho nitro benzene ring substituents is 1. The SMILES string of the molecule is Cc1noc(C)c1S(=O)(=O)N1CCCN(c2nc3ccc([N+](=O)[O-])cc3s2)CC1. The van der Waals surface area contributed by atoms with Crippen LogP contribution in [0.5, 0.6) is 0 Å². The fourth-order valence-electron chi connectivity index (χ4n) is 3.45. The number of rotatable bonds is 4. The predicted octanol–water partition coefficient (Wildman–Crippen LogP) is 2.71. The van der Waals surface area contributed by atoms with Crippen LogP contribution in [0.25, 0.3) is 10.2 Å². The van der Waals surface area contributed by atoms with Crippen molar-refractivity contribution in [1.29, 1.82) is 0 Å². The molecule has 1 aliphatic rings. The van der Waals surface area contributed by atoms with E-state index in [0.29, 0.717) is 43.8 Å². The van der Waals surface area contributed by atoms with Crippen molar-refractivity contribution in [2.75, 3.05) is 31.1 Å². The Morgan fingerprint density at radius 1 is 1.21 bits per heavy atom. The maximum atomic E-state index is 13.1. The van der Waals surface area contributed by atoms with Gasteiger partial charge in [-0.1, -0.05) is 16.5 Å². The normalized spacial score (nSPS) is 16.3. The lowest BCUT2D eigenvalue weighted by Gasteiger charge is -2.21. The van der Waals surface area contributed by atoms with Crippen molar-refractivity contribution in [1.82, 2.24) is 14.4 Å². The Kier molecular flexibility index (Phi) is 5.00. The standard InChI is InChI=1S/C17H19N5O5S2/c1-11-16(12(2)27-19-11)29(25,26)21-7-3-6-20(8-9-21)17-18-14-5-4-13(22(23)24)10-15(14)28-17/h4-5,10H,3,6-9H2,1-2H3. The number of sulfonamides is 1. The molecule has 0 atom stereocenters. The van der Waals surface area contributed by atoms with Crippen molar-refractivity contribution in [2.24, 2.45) is 0 Å². The van der Waals surface area contributed by atoms with Gasteiger partial charge in [0.2, 0.25) is 10.0 Å². The molecule has 3 heterocycles. The molecular weight excluding hydrogens is 418 g/mol. The number of benzene rings is 1. The zero-order valence-electron chi connectivity index (χ0n) is 15.9. The smallest absolute Gasteiger partial charge is 0.270 e. The molecule has 29 heavy (non-hydrogen) atoms. The highest BCUT2D eigenvalue weighted by Crippen LogP contribution is 2.32. The highest BCUT2D eigenvalue weighted by atomic mass is 32.2. The molecule has 0 bridgehead atoms. The second-order valence-corrected chi connectivity index (χ2v) is 9.69. The number of nitrogens with zero attached hydrogens (tertiary/aromatic N) is 5. The van der Waals surface area contributed by atoms with Crippen LogP contribution in [0.3, 0.4) is 0 Å². The van der Waals surface area contributed by atoms with Crippen LogP contribution in [0.15, 0.2) is 27.6 Å². The fourth-order valence-corrected chi connectivity index (χ4v) is 6.26. The van der Waals surface area contributed by atoms with Gasteiger partial charge in [-0.2, -0.15) is 4.31 Å². The Morgan fingerprint density at radius 2 is 2.00 bits per heavy atom. The maximum absolute atomic E-state index is 13.1. The second kappa shape index (κ2) is 7.35. The van der Waals surface area contributed by atoms with Crippen LogP contribution in [-0.4, -0.2) is 54.0 Å². The molecule has 0 N–H and O–H groups in total. The lowest BCUT2D eigenvalue weighted by atomic mass is 10.3. The van der Waals surface area contributed by atoms with E-state index in [1.807, 2.05) is 4.90 Å². The van der Waals surface area contributed by atoms with E-state index in [-0.39, 0.29) is 16.3 Å². The minimum atomic E-state index is -3.69. The van der Waals surface area contributed by atoms with Crippen molar-refractivity contribution in [3.63, 3.8) is 0 Å². The summed E-state index contributed by atoms with van der Waals surface area (Å²) in [5.41, 5.74) is 1.08. The number of nitro benzene ring substituents is 1. The van der Waals surface area contributed by atoms with E-state index in [4.69, 9.17) is 4.52 Å². The van der Waals surface area contributed by atoms with Crippen molar-refractivity contribution in [3.05, 3.63) is 39.8 Å². The molecular formula is C17H19N5O5S2. The van der Waals surface area contributed by atoms with Crippen molar-refractivity contribution < 1.29 is 17.9 Å². The van der Waals surface area contributed by atoms with Crippen molar-refractivity contribution in [3.8, 4) is 0 Å². The largest absolute Gasteiger partial charge is 0.360 e. The fraction of sp³-hybridized carbons (Fsp3) is 0.412. The van der Waals surface area contributed by atoms with Crippen molar-refractivity contribution in [2.45, 2.75) is 25.2 Å². The summed E-state index contributed by atoms with van der Waals surface area (Å²) in [6.45, 7) is 5.03. The van der Waals surface area contributed by atoms with E-state index in [1.165, 1.54) is 27.8 Å². The highest BCUT2D eigenvalue weighted by molar-refractivity contribution is 7.89. The quantitative estimate of drug-likeness (QED) is 0.451. The minimum absolute atomic E-state index is 0.0281. The number of thiazole rings is 1. The van der Waals surface area contributed by atoms with Gasteiger partial charge in [-0.05, 0) is 26.3 Å². The molecule has 2 aromatic heterocycles. The Balaban J connectivity index is 1.56. The van der Waals surface area contributed by atoms with E-state index in [1.54, 1.807) is 19.9 Å². The summed E-state index contributed by atoms with van der Waals surface area (Å²) >= 11 is 1.37. The molecule has 0 amide bonds. The van der Waals surface area contributed by atoms with E-state index >= 15 is 0 Å². The van der Waals surface area contributed by atoms with Crippen LogP contribution < -0.4 is 4.90 Å². The number of aryl methyl sites for hydroxylation is 2. The maximum Gasteiger partial charge on any atom is 0.270 e. The summed E-state index contributed by atoms with van der Waals surface area (Å²) < 4.78 is 33.3. The van der Waals surface area contributed by atoms with E-state index in [0.717, 1.165) is 9.83 Å². The van der Waals surface area contributed by atoms with Crippen LogP contribution in [0.2, 0.25) is 0 Å². The Bertz CT molecular complexity index is 1170. The summed E-state index contributed by atoms with van der Waals surface area (Å²) in [4.78, 5) is 17.3. The molecule has 154 valence electrons. The van der Waals surface area contributed by atoms with Crippen LogP contribution in [-0.2, 0) is 10.0 Å². The van der Waals surface area contributed by atoms with E-state index in [2.05, 4.69) is 10.1 Å². The van der Waals surface area contributed by atoms with Crippen LogP contribution in [0, 0.1) is 24.0 Å². The molecule has 0 aliphatic carbocycles. The molecule has 0 unspecified atom stereocenters. The number of fused-ring (bicyclic) bond motifs is 1. The molecule has 1 aromatic carbocycles. The third-order valence-electron chi connectivity index (χ3n) is 4.86. The molecule has 1 fully saturated rings. The van der Waals surface area contributed by atoms with Gasteiger partial charge in [-0.15, -0.1) is 0 Å². The summed E-state index contributed by atoms with van der Waals surface area (Å²) in [7, 11) is -3.69. The molecule has 12 heteroatoms. The number of nitro groups is 1. The first-order chi connectivity index (χ1) is 13.8. The van der Waals surface area contributed by atoms with Crippen molar-refractivity contribution >= 4 is 42.4 Å². The van der Waals surface area contributed by atoms with Gasteiger partial charge in [0.05, 0.1) is 15.1 Å². The summed E-state index contributed by atoms with van der Waals surface area (Å²) in [5, 5.41) is 15.5. The third kappa shape index (κ3) is 3.58. The number of anilines is 1. The average molecular weight is 438 g/mol. The molecule has 1 saturated heterocycles. The molecule has 0 saturated carbocycles. The first-order valence-electron chi connectivity index (χ1n) is 9.00. The van der Waals surface area contributed by atoms with Gasteiger partial charge in [0, 0.05) is 38.3 Å². The van der Waals surface area contributed by atoms with E-state index in [9.17, 15) is 18.5 Å². The molecule has 0 radical (unpaired) electrons. The van der Waals surface area contributed by atoms with Gasteiger partial charge in [-0.25, -0.2) is 13.4 Å². The summed E-state index contributed by atoms with van der Waals surface area (Å²) in [6.07, 6.45) is 0.638. The first-order valence-corrected chi connectivity index (χ1v) is 11.3. The predicted molar refractivity (Wildman–Crippen MR) is 108 cm³/mol. The number of hydrogen-bond donors (Lipinski definition) is 0. The monoisotopic (exact) mass is 437 g/mol. The third-order valence-corrected chi connectivity index (χ3v) is 8.09. The van der Waals surface area contributed by atoms with Gasteiger partial charge in [0.1, 0.15) is 10.6 Å². The molecule has 3 aromatic rings.